The second-order valence-corrected chi connectivity index (χ2v) is 10.8. The van der Waals surface area contributed by atoms with E-state index in [-0.39, 0.29) is 5.92 Å². The van der Waals surface area contributed by atoms with Crippen LogP contribution >= 0.6 is 10.6 Å². The van der Waals surface area contributed by atoms with Gasteiger partial charge in [-0.25, -0.2) is 0 Å². The molecule has 4 rings (SSSR count). The molecule has 1 amide bonds. The molecule has 5 nitrogen and oxygen atoms in total. The third-order valence-electron chi connectivity index (χ3n) is 6.22. The smallest absolute Gasteiger partial charge is 0.250 e. The Bertz CT molecular complexity index is 1050. The standard InChI is InChI=1S/C24H30N2O3S/c1-2-3-4-16-5-7-17(8-6-16)19-13-20-22(18-9-11-30(28,29)12-10-18)15-26-23(20)21(14-19)24(25)27/h5-8,13-15,18,26,28-29H,2-4,9-12H2,1H3,(H2,25,27). The third kappa shape index (κ3) is 4.26. The van der Waals surface area contributed by atoms with Crippen LogP contribution in [0.15, 0.2) is 42.6 Å². The van der Waals surface area contributed by atoms with Crippen LogP contribution in [0.2, 0.25) is 0 Å². The van der Waals surface area contributed by atoms with E-state index in [9.17, 15) is 13.9 Å². The van der Waals surface area contributed by atoms with Gasteiger partial charge >= 0.3 is 0 Å². The van der Waals surface area contributed by atoms with Gasteiger partial charge in [0.15, 0.2) is 0 Å². The molecular weight excluding hydrogens is 396 g/mol. The summed E-state index contributed by atoms with van der Waals surface area (Å²) in [5.74, 6) is 0.663. The summed E-state index contributed by atoms with van der Waals surface area (Å²) in [7, 11) is -2.43. The molecule has 1 aliphatic rings. The number of benzene rings is 2. The highest BCUT2D eigenvalue weighted by atomic mass is 32.3. The fraction of sp³-hybridized carbons (Fsp3) is 0.375. The van der Waals surface area contributed by atoms with E-state index >= 15 is 0 Å². The molecule has 6 heteroatoms. The van der Waals surface area contributed by atoms with Gasteiger partial charge < -0.3 is 10.7 Å². The van der Waals surface area contributed by atoms with Crippen molar-refractivity contribution in [2.24, 2.45) is 5.73 Å². The Hall–Kier alpha value is -2.28. The zero-order chi connectivity index (χ0) is 21.3. The highest BCUT2D eigenvalue weighted by molar-refractivity contribution is 8.24. The van der Waals surface area contributed by atoms with Crippen LogP contribution in [-0.2, 0) is 6.42 Å². The summed E-state index contributed by atoms with van der Waals surface area (Å²) >= 11 is 0. The number of carbonyl (C=O) groups excluding carboxylic acids is 1. The van der Waals surface area contributed by atoms with Gasteiger partial charge in [0.2, 0.25) is 0 Å². The van der Waals surface area contributed by atoms with Gasteiger partial charge in [-0.3, -0.25) is 13.9 Å². The van der Waals surface area contributed by atoms with Crippen LogP contribution in [0.5, 0.6) is 0 Å². The molecule has 160 valence electrons. The van der Waals surface area contributed by atoms with Crippen LogP contribution in [0.25, 0.3) is 22.0 Å². The van der Waals surface area contributed by atoms with Gasteiger partial charge in [-0.2, -0.15) is 10.6 Å². The lowest BCUT2D eigenvalue weighted by molar-refractivity contribution is 0.100. The van der Waals surface area contributed by atoms with Crippen LogP contribution < -0.4 is 5.73 Å². The first-order valence-corrected chi connectivity index (χ1v) is 12.5. The number of H-pyrrole nitrogens is 1. The predicted octanol–water partition coefficient (Wildman–Crippen LogP) is 5.90. The number of carbonyl (C=O) groups is 1. The van der Waals surface area contributed by atoms with Crippen LogP contribution in [0.1, 0.15) is 60.0 Å². The Morgan fingerprint density at radius 2 is 1.83 bits per heavy atom. The van der Waals surface area contributed by atoms with E-state index in [1.165, 1.54) is 18.4 Å². The summed E-state index contributed by atoms with van der Waals surface area (Å²) in [6.07, 6.45) is 6.85. The quantitative estimate of drug-likeness (QED) is 0.394. The molecule has 3 aromatic rings. The van der Waals surface area contributed by atoms with Gasteiger partial charge in [-0.1, -0.05) is 37.6 Å². The predicted molar refractivity (Wildman–Crippen MR) is 125 cm³/mol. The van der Waals surface area contributed by atoms with Gasteiger partial charge in [0.05, 0.1) is 11.1 Å². The normalized spacial score (nSPS) is 17.8. The van der Waals surface area contributed by atoms with E-state index in [1.54, 1.807) is 0 Å². The topological polar surface area (TPSA) is 99.3 Å². The van der Waals surface area contributed by atoms with Crippen molar-refractivity contribution < 1.29 is 13.9 Å². The van der Waals surface area contributed by atoms with Gasteiger partial charge in [0.1, 0.15) is 0 Å². The zero-order valence-electron chi connectivity index (χ0n) is 17.4. The molecule has 2 heterocycles. The number of aromatic amines is 1. The van der Waals surface area contributed by atoms with Crippen LogP contribution in [0, 0.1) is 0 Å². The molecule has 0 unspecified atom stereocenters. The Morgan fingerprint density at radius 1 is 1.13 bits per heavy atom. The fourth-order valence-corrected chi connectivity index (χ4v) is 5.94. The summed E-state index contributed by atoms with van der Waals surface area (Å²) in [5.41, 5.74) is 11.4. The van der Waals surface area contributed by atoms with Crippen LogP contribution in [0.3, 0.4) is 0 Å². The van der Waals surface area contributed by atoms with Crippen molar-refractivity contribution in [1.82, 2.24) is 4.98 Å². The Kier molecular flexibility index (Phi) is 5.91. The van der Waals surface area contributed by atoms with Gasteiger partial charge in [0.25, 0.3) is 5.91 Å². The van der Waals surface area contributed by atoms with E-state index in [2.05, 4.69) is 42.2 Å². The van der Waals surface area contributed by atoms with Crippen molar-refractivity contribution >= 4 is 27.4 Å². The minimum atomic E-state index is -2.43. The van der Waals surface area contributed by atoms with Crippen molar-refractivity contribution in [2.75, 3.05) is 11.5 Å². The maximum Gasteiger partial charge on any atom is 0.250 e. The number of unbranched alkanes of at least 4 members (excludes halogenated alkanes) is 1. The highest BCUT2D eigenvalue weighted by Gasteiger charge is 2.27. The SMILES string of the molecule is CCCCc1ccc(-c2cc(C(N)=O)c3[nH]cc(C4CCS(O)(O)CC4)c3c2)cc1. The Balaban J connectivity index is 1.73. The highest BCUT2D eigenvalue weighted by Crippen LogP contribution is 2.49. The lowest BCUT2D eigenvalue weighted by Crippen LogP contribution is -2.19. The molecule has 1 aromatic heterocycles. The molecule has 0 radical (unpaired) electrons. The second-order valence-electron chi connectivity index (χ2n) is 8.34. The fourth-order valence-electron chi connectivity index (χ4n) is 4.42. The first-order chi connectivity index (χ1) is 14.4. The molecule has 0 spiro atoms. The van der Waals surface area contributed by atoms with Gasteiger partial charge in [0, 0.05) is 23.1 Å². The number of hydrogen-bond donors (Lipinski definition) is 4. The molecule has 1 aliphatic heterocycles. The molecule has 0 atom stereocenters. The number of fused-ring (bicyclic) bond motifs is 1. The number of nitrogens with two attached hydrogens (primary N) is 1. The molecule has 5 N–H and O–H groups in total. The number of rotatable bonds is 6. The molecule has 1 fully saturated rings. The summed E-state index contributed by atoms with van der Waals surface area (Å²) < 4.78 is 19.9. The largest absolute Gasteiger partial charge is 0.366 e. The van der Waals surface area contributed by atoms with Crippen molar-refractivity contribution in [3.63, 3.8) is 0 Å². The number of aryl methyl sites for hydroxylation is 1. The van der Waals surface area contributed by atoms with Crippen LogP contribution in [-0.4, -0.2) is 31.5 Å². The minimum absolute atomic E-state index is 0.242. The third-order valence-corrected chi connectivity index (χ3v) is 8.00. The molecule has 1 saturated heterocycles. The summed E-state index contributed by atoms with van der Waals surface area (Å²) in [5, 5.41) is 1.000. The summed E-state index contributed by atoms with van der Waals surface area (Å²) in [4.78, 5) is 15.4. The van der Waals surface area contributed by atoms with Crippen molar-refractivity contribution in [3.8, 4) is 11.1 Å². The maximum absolute atomic E-state index is 12.2. The number of hydrogen-bond acceptors (Lipinski definition) is 3. The summed E-state index contributed by atoms with van der Waals surface area (Å²) in [6.45, 7) is 2.19. The summed E-state index contributed by atoms with van der Waals surface area (Å²) in [6, 6.07) is 12.5. The Morgan fingerprint density at radius 3 is 2.47 bits per heavy atom. The molecule has 30 heavy (non-hydrogen) atoms. The Labute approximate surface area is 179 Å². The lowest BCUT2D eigenvalue weighted by atomic mass is 9.90. The number of amides is 1. The minimum Gasteiger partial charge on any atom is -0.366 e. The molecule has 2 aromatic carbocycles. The van der Waals surface area contributed by atoms with E-state index in [0.717, 1.165) is 46.9 Å². The van der Waals surface area contributed by atoms with Crippen molar-refractivity contribution in [1.29, 1.82) is 0 Å². The number of aromatic nitrogens is 1. The first kappa shape index (κ1) is 21.0. The van der Waals surface area contributed by atoms with E-state index in [4.69, 9.17) is 5.73 Å². The molecule has 0 bridgehead atoms. The maximum atomic E-state index is 12.2. The molecular formula is C24H30N2O3S. The average molecular weight is 427 g/mol. The van der Waals surface area contributed by atoms with E-state index in [1.807, 2.05) is 12.3 Å². The van der Waals surface area contributed by atoms with E-state index < -0.39 is 16.5 Å². The van der Waals surface area contributed by atoms with E-state index in [0.29, 0.717) is 17.1 Å². The number of nitrogens with one attached hydrogen (secondary N) is 1. The van der Waals surface area contributed by atoms with Gasteiger partial charge in [-0.15, -0.1) is 0 Å². The van der Waals surface area contributed by atoms with Crippen LogP contribution in [0.4, 0.5) is 0 Å². The molecule has 0 aliphatic carbocycles. The monoisotopic (exact) mass is 426 g/mol. The zero-order valence-corrected chi connectivity index (χ0v) is 18.2. The average Bonchev–Trinajstić information content (AvgIpc) is 3.16. The van der Waals surface area contributed by atoms with Crippen molar-refractivity contribution in [2.45, 2.75) is 44.9 Å². The second kappa shape index (κ2) is 8.46. The van der Waals surface area contributed by atoms with Crippen molar-refractivity contribution in [3.05, 3.63) is 59.3 Å². The molecule has 0 saturated carbocycles. The van der Waals surface area contributed by atoms with Gasteiger partial charge in [-0.05, 0) is 66.0 Å². The first-order valence-electron chi connectivity index (χ1n) is 10.7. The number of primary amides is 1. The lowest BCUT2D eigenvalue weighted by Gasteiger charge is -2.39.